The van der Waals surface area contributed by atoms with Crippen LogP contribution in [0.4, 0.5) is 0 Å². The van der Waals surface area contributed by atoms with Crippen LogP contribution in [0.5, 0.6) is 0 Å². The number of hydrogen-bond acceptors (Lipinski definition) is 2. The first-order valence-electron chi connectivity index (χ1n) is 3.68. The van der Waals surface area contributed by atoms with E-state index < -0.39 is 0 Å². The van der Waals surface area contributed by atoms with Gasteiger partial charge in [0, 0.05) is 13.0 Å². The molecule has 1 amide bonds. The summed E-state index contributed by atoms with van der Waals surface area (Å²) in [4.78, 5) is 10.6. The van der Waals surface area contributed by atoms with Gasteiger partial charge in [-0.15, -0.1) is 0 Å². The van der Waals surface area contributed by atoms with E-state index in [1.165, 1.54) is 0 Å². The molecule has 60 valence electrons. The standard InChI is InChI=1S/C7H16N2O/c1-4-7(10)9-8-5-6(2)3/h6,8H,4-5H2,1-3H3,(H,9,10). The second-order valence-electron chi connectivity index (χ2n) is 2.68. The van der Waals surface area contributed by atoms with Gasteiger partial charge in [0.05, 0.1) is 0 Å². The predicted octanol–water partition coefficient (Wildman–Crippen LogP) is 0.673. The summed E-state index contributed by atoms with van der Waals surface area (Å²) in [6.07, 6.45) is 0.533. The summed E-state index contributed by atoms with van der Waals surface area (Å²) >= 11 is 0. The van der Waals surface area contributed by atoms with Crippen LogP contribution in [0, 0.1) is 5.92 Å². The van der Waals surface area contributed by atoms with Crippen LogP contribution in [-0.4, -0.2) is 12.5 Å². The number of nitrogens with one attached hydrogen (secondary N) is 2. The Balaban J connectivity index is 3.12. The van der Waals surface area contributed by atoms with E-state index in [9.17, 15) is 4.79 Å². The Morgan fingerprint density at radius 2 is 2.10 bits per heavy atom. The SMILES string of the molecule is CCC(=O)NNCC(C)C. The molecule has 0 aromatic heterocycles. The minimum atomic E-state index is 0.0423. The molecule has 0 bridgehead atoms. The normalized spacial score (nSPS) is 10.0. The molecule has 0 aromatic rings. The van der Waals surface area contributed by atoms with Crippen LogP contribution in [0.1, 0.15) is 27.2 Å². The highest BCUT2D eigenvalue weighted by atomic mass is 16.2. The molecule has 0 unspecified atom stereocenters. The van der Waals surface area contributed by atoms with Gasteiger partial charge < -0.3 is 0 Å². The van der Waals surface area contributed by atoms with Crippen LogP contribution in [0.3, 0.4) is 0 Å². The summed E-state index contributed by atoms with van der Waals surface area (Å²) in [5.41, 5.74) is 5.41. The molecule has 2 N–H and O–H groups in total. The maximum Gasteiger partial charge on any atom is 0.233 e. The summed E-state index contributed by atoms with van der Waals surface area (Å²) < 4.78 is 0. The van der Waals surface area contributed by atoms with Crippen LogP contribution < -0.4 is 10.9 Å². The van der Waals surface area contributed by atoms with Gasteiger partial charge in [-0.2, -0.15) is 0 Å². The molecule has 3 heteroatoms. The molecule has 0 radical (unpaired) electrons. The van der Waals surface area contributed by atoms with E-state index in [0.29, 0.717) is 12.3 Å². The largest absolute Gasteiger partial charge is 0.292 e. The number of carbonyl (C=O) groups is 1. The van der Waals surface area contributed by atoms with E-state index in [1.54, 1.807) is 0 Å². The number of hydrogen-bond donors (Lipinski definition) is 2. The molecule has 0 atom stereocenters. The Labute approximate surface area is 62.2 Å². The van der Waals surface area contributed by atoms with Gasteiger partial charge in [-0.05, 0) is 5.92 Å². The van der Waals surface area contributed by atoms with Crippen molar-refractivity contribution >= 4 is 5.91 Å². The summed E-state index contributed by atoms with van der Waals surface area (Å²) in [7, 11) is 0. The minimum Gasteiger partial charge on any atom is -0.292 e. The van der Waals surface area contributed by atoms with Crippen LogP contribution >= 0.6 is 0 Å². The lowest BCUT2D eigenvalue weighted by atomic mass is 10.2. The van der Waals surface area contributed by atoms with E-state index in [4.69, 9.17) is 0 Å². The summed E-state index contributed by atoms with van der Waals surface area (Å²) in [6, 6.07) is 0. The van der Waals surface area contributed by atoms with E-state index in [1.807, 2.05) is 6.92 Å². The first-order valence-corrected chi connectivity index (χ1v) is 3.68. The lowest BCUT2D eigenvalue weighted by molar-refractivity contribution is -0.121. The zero-order valence-electron chi connectivity index (χ0n) is 6.90. The molecule has 0 saturated heterocycles. The topological polar surface area (TPSA) is 41.1 Å². The fourth-order valence-electron chi connectivity index (χ4n) is 0.442. The molecule has 0 aliphatic rings. The van der Waals surface area contributed by atoms with Crippen molar-refractivity contribution in [3.05, 3.63) is 0 Å². The Hall–Kier alpha value is -0.570. The van der Waals surface area contributed by atoms with E-state index in [-0.39, 0.29) is 5.91 Å². The second-order valence-corrected chi connectivity index (χ2v) is 2.68. The van der Waals surface area contributed by atoms with Gasteiger partial charge in [0.1, 0.15) is 0 Å². The fourth-order valence-corrected chi connectivity index (χ4v) is 0.442. The average Bonchev–Trinajstić information content (AvgIpc) is 1.87. The number of rotatable bonds is 4. The van der Waals surface area contributed by atoms with Crippen molar-refractivity contribution in [2.24, 2.45) is 5.92 Å². The lowest BCUT2D eigenvalue weighted by Crippen LogP contribution is -2.38. The predicted molar refractivity (Wildman–Crippen MR) is 41.3 cm³/mol. The van der Waals surface area contributed by atoms with Gasteiger partial charge >= 0.3 is 0 Å². The molecule has 0 rings (SSSR count). The fraction of sp³-hybridized carbons (Fsp3) is 0.857. The van der Waals surface area contributed by atoms with Crippen molar-refractivity contribution in [1.82, 2.24) is 10.9 Å². The van der Waals surface area contributed by atoms with Gasteiger partial charge in [-0.3, -0.25) is 10.2 Å². The lowest BCUT2D eigenvalue weighted by Gasteiger charge is -2.07. The van der Waals surface area contributed by atoms with Gasteiger partial charge in [-0.1, -0.05) is 20.8 Å². The van der Waals surface area contributed by atoms with Crippen molar-refractivity contribution in [2.45, 2.75) is 27.2 Å². The third kappa shape index (κ3) is 5.56. The molecular formula is C7H16N2O. The molecule has 0 spiro atoms. The van der Waals surface area contributed by atoms with Crippen molar-refractivity contribution in [1.29, 1.82) is 0 Å². The summed E-state index contributed by atoms with van der Waals surface area (Å²) in [5.74, 6) is 0.609. The highest BCUT2D eigenvalue weighted by molar-refractivity contribution is 5.74. The van der Waals surface area contributed by atoms with Crippen molar-refractivity contribution in [3.8, 4) is 0 Å². The highest BCUT2D eigenvalue weighted by Gasteiger charge is 1.95. The Bertz CT molecular complexity index is 102. The summed E-state index contributed by atoms with van der Waals surface area (Å²) in [5, 5.41) is 0. The smallest absolute Gasteiger partial charge is 0.233 e. The maximum atomic E-state index is 10.6. The molecule has 0 aliphatic heterocycles. The molecular weight excluding hydrogens is 128 g/mol. The number of hydrazine groups is 1. The molecule has 3 nitrogen and oxygen atoms in total. The van der Waals surface area contributed by atoms with Crippen LogP contribution in [0.15, 0.2) is 0 Å². The Kier molecular flexibility index (Phi) is 4.94. The zero-order valence-corrected chi connectivity index (χ0v) is 6.90. The average molecular weight is 144 g/mol. The third-order valence-electron chi connectivity index (χ3n) is 1.06. The number of carbonyl (C=O) groups excluding carboxylic acids is 1. The van der Waals surface area contributed by atoms with Gasteiger partial charge in [0.25, 0.3) is 0 Å². The Morgan fingerprint density at radius 3 is 2.50 bits per heavy atom. The highest BCUT2D eigenvalue weighted by Crippen LogP contribution is 1.84. The van der Waals surface area contributed by atoms with Crippen molar-refractivity contribution in [3.63, 3.8) is 0 Å². The summed E-state index contributed by atoms with van der Waals surface area (Å²) in [6.45, 7) is 6.83. The molecule has 0 aromatic carbocycles. The van der Waals surface area contributed by atoms with Crippen LogP contribution in [0.2, 0.25) is 0 Å². The molecule has 0 fully saturated rings. The number of amides is 1. The second kappa shape index (κ2) is 5.23. The maximum absolute atomic E-state index is 10.6. The van der Waals surface area contributed by atoms with Crippen molar-refractivity contribution in [2.75, 3.05) is 6.54 Å². The zero-order chi connectivity index (χ0) is 7.98. The van der Waals surface area contributed by atoms with E-state index >= 15 is 0 Å². The minimum absolute atomic E-state index is 0.0423. The van der Waals surface area contributed by atoms with Crippen molar-refractivity contribution < 1.29 is 4.79 Å². The van der Waals surface area contributed by atoms with Gasteiger partial charge in [-0.25, -0.2) is 5.43 Å². The quantitative estimate of drug-likeness (QED) is 0.569. The van der Waals surface area contributed by atoms with E-state index in [2.05, 4.69) is 24.7 Å². The first kappa shape index (κ1) is 9.43. The molecule has 0 heterocycles. The molecule has 0 saturated carbocycles. The van der Waals surface area contributed by atoms with Gasteiger partial charge in [0.2, 0.25) is 5.91 Å². The molecule has 0 aliphatic carbocycles. The van der Waals surface area contributed by atoms with Crippen LogP contribution in [-0.2, 0) is 4.79 Å². The molecule has 10 heavy (non-hydrogen) atoms. The monoisotopic (exact) mass is 144 g/mol. The van der Waals surface area contributed by atoms with E-state index in [0.717, 1.165) is 6.54 Å². The first-order chi connectivity index (χ1) is 4.66. The third-order valence-corrected chi connectivity index (χ3v) is 1.06. The van der Waals surface area contributed by atoms with Crippen LogP contribution in [0.25, 0.3) is 0 Å². The Morgan fingerprint density at radius 1 is 1.50 bits per heavy atom. The van der Waals surface area contributed by atoms with Gasteiger partial charge in [0.15, 0.2) is 0 Å².